The van der Waals surface area contributed by atoms with E-state index in [0.29, 0.717) is 0 Å². The second kappa shape index (κ2) is 4.96. The van der Waals surface area contributed by atoms with Crippen LogP contribution < -0.4 is 0 Å². The molecule has 0 fully saturated rings. The Morgan fingerprint density at radius 2 is 2.07 bits per heavy atom. The Morgan fingerprint density at radius 1 is 1.33 bits per heavy atom. The maximum absolute atomic E-state index is 4.08. The Balaban J connectivity index is 0.000000531. The van der Waals surface area contributed by atoms with Gasteiger partial charge in [-0.2, -0.15) is 5.10 Å². The van der Waals surface area contributed by atoms with Crippen molar-refractivity contribution in [1.82, 2.24) is 10.2 Å². The molecular formula is C13H20N2. The van der Waals surface area contributed by atoms with Crippen molar-refractivity contribution in [3.8, 4) is 0 Å². The standard InChI is InChI=1S/C11H14N2.C2H6/c1-3-11(2)7-5-4-6-9-8-12-13-10(9)11;1-2/h4-8H,3H2,1-2H3,(H,12,13);1-2H3. The molecular weight excluding hydrogens is 184 g/mol. The highest BCUT2D eigenvalue weighted by atomic mass is 15.1. The largest absolute Gasteiger partial charge is 0.281 e. The third-order valence-corrected chi connectivity index (χ3v) is 2.83. The molecule has 1 aliphatic rings. The zero-order valence-electron chi connectivity index (χ0n) is 10.0. The van der Waals surface area contributed by atoms with Crippen molar-refractivity contribution in [3.05, 3.63) is 35.7 Å². The fourth-order valence-corrected chi connectivity index (χ4v) is 1.68. The van der Waals surface area contributed by atoms with Crippen molar-refractivity contribution >= 4 is 6.08 Å². The molecule has 1 aromatic rings. The van der Waals surface area contributed by atoms with E-state index in [9.17, 15) is 0 Å². The van der Waals surface area contributed by atoms with Gasteiger partial charge in [0.25, 0.3) is 0 Å². The summed E-state index contributed by atoms with van der Waals surface area (Å²) >= 11 is 0. The van der Waals surface area contributed by atoms with E-state index >= 15 is 0 Å². The minimum Gasteiger partial charge on any atom is -0.281 e. The summed E-state index contributed by atoms with van der Waals surface area (Å²) in [6.07, 6.45) is 11.5. The van der Waals surface area contributed by atoms with E-state index in [1.807, 2.05) is 20.0 Å². The van der Waals surface area contributed by atoms with Crippen LogP contribution in [-0.2, 0) is 5.41 Å². The quantitative estimate of drug-likeness (QED) is 0.742. The van der Waals surface area contributed by atoms with Crippen LogP contribution in [-0.4, -0.2) is 10.2 Å². The number of allylic oxidation sites excluding steroid dienone is 3. The fourth-order valence-electron chi connectivity index (χ4n) is 1.68. The van der Waals surface area contributed by atoms with Crippen molar-refractivity contribution in [2.24, 2.45) is 0 Å². The van der Waals surface area contributed by atoms with E-state index < -0.39 is 0 Å². The summed E-state index contributed by atoms with van der Waals surface area (Å²) in [7, 11) is 0. The van der Waals surface area contributed by atoms with Crippen LogP contribution >= 0.6 is 0 Å². The van der Waals surface area contributed by atoms with Gasteiger partial charge < -0.3 is 0 Å². The molecule has 1 N–H and O–H groups in total. The van der Waals surface area contributed by atoms with Gasteiger partial charge in [-0.1, -0.05) is 52.0 Å². The molecule has 82 valence electrons. The van der Waals surface area contributed by atoms with E-state index in [4.69, 9.17) is 0 Å². The first-order chi connectivity index (χ1) is 7.26. The van der Waals surface area contributed by atoms with E-state index in [1.165, 1.54) is 11.3 Å². The van der Waals surface area contributed by atoms with Gasteiger partial charge in [0, 0.05) is 11.0 Å². The normalized spacial score (nSPS) is 22.7. The number of H-pyrrole nitrogens is 1. The van der Waals surface area contributed by atoms with Crippen LogP contribution in [0.25, 0.3) is 6.08 Å². The molecule has 0 amide bonds. The van der Waals surface area contributed by atoms with E-state index in [1.54, 1.807) is 0 Å². The number of hydrogen-bond acceptors (Lipinski definition) is 1. The van der Waals surface area contributed by atoms with Gasteiger partial charge >= 0.3 is 0 Å². The van der Waals surface area contributed by atoms with Gasteiger partial charge in [0.2, 0.25) is 0 Å². The first-order valence-corrected chi connectivity index (χ1v) is 5.66. The molecule has 2 heteroatoms. The number of nitrogens with one attached hydrogen (secondary N) is 1. The average Bonchev–Trinajstić information content (AvgIpc) is 2.70. The lowest BCUT2D eigenvalue weighted by Crippen LogP contribution is -2.18. The van der Waals surface area contributed by atoms with Crippen LogP contribution in [0.3, 0.4) is 0 Å². The molecule has 0 radical (unpaired) electrons. The summed E-state index contributed by atoms with van der Waals surface area (Å²) in [6, 6.07) is 0. The Bertz CT molecular complexity index is 360. The minimum atomic E-state index is 0.106. The second-order valence-corrected chi connectivity index (χ2v) is 3.69. The van der Waals surface area contributed by atoms with Crippen molar-refractivity contribution in [3.63, 3.8) is 0 Å². The maximum atomic E-state index is 4.08. The van der Waals surface area contributed by atoms with Gasteiger partial charge in [0.15, 0.2) is 0 Å². The van der Waals surface area contributed by atoms with Crippen LogP contribution in [0, 0.1) is 0 Å². The predicted molar refractivity (Wildman–Crippen MR) is 65.8 cm³/mol. The first kappa shape index (κ1) is 11.8. The van der Waals surface area contributed by atoms with Gasteiger partial charge in [-0.25, -0.2) is 0 Å². The van der Waals surface area contributed by atoms with Gasteiger partial charge in [0.05, 0.1) is 11.9 Å². The number of fused-ring (bicyclic) bond motifs is 1. The van der Waals surface area contributed by atoms with Crippen molar-refractivity contribution in [2.75, 3.05) is 0 Å². The van der Waals surface area contributed by atoms with Gasteiger partial charge in [-0.05, 0) is 6.42 Å². The Labute approximate surface area is 92.1 Å². The molecule has 0 spiro atoms. The molecule has 1 heterocycles. The summed E-state index contributed by atoms with van der Waals surface area (Å²) in [6.45, 7) is 8.42. The molecule has 1 unspecified atom stereocenters. The number of rotatable bonds is 1. The highest BCUT2D eigenvalue weighted by molar-refractivity contribution is 5.57. The molecule has 0 saturated heterocycles. The summed E-state index contributed by atoms with van der Waals surface area (Å²) in [4.78, 5) is 0. The SMILES string of the molecule is CC.CCC1(C)C=CC=Cc2cn[nH]c21. The Kier molecular flexibility index (Phi) is 3.89. The van der Waals surface area contributed by atoms with Gasteiger partial charge in [0.1, 0.15) is 0 Å². The van der Waals surface area contributed by atoms with Crippen LogP contribution in [0.4, 0.5) is 0 Å². The van der Waals surface area contributed by atoms with E-state index in [0.717, 1.165) is 6.42 Å². The second-order valence-electron chi connectivity index (χ2n) is 3.69. The zero-order valence-corrected chi connectivity index (χ0v) is 10.0. The Hall–Kier alpha value is -1.31. The van der Waals surface area contributed by atoms with E-state index in [2.05, 4.69) is 48.3 Å². The first-order valence-electron chi connectivity index (χ1n) is 5.66. The van der Waals surface area contributed by atoms with Crippen LogP contribution in [0.5, 0.6) is 0 Å². The molecule has 1 aliphatic carbocycles. The lowest BCUT2D eigenvalue weighted by molar-refractivity contribution is 0.552. The third-order valence-electron chi connectivity index (χ3n) is 2.83. The molecule has 0 bridgehead atoms. The van der Waals surface area contributed by atoms with Crippen molar-refractivity contribution in [2.45, 2.75) is 39.5 Å². The number of nitrogens with zero attached hydrogens (tertiary/aromatic N) is 1. The number of aromatic amines is 1. The lowest BCUT2D eigenvalue weighted by atomic mass is 9.82. The van der Waals surface area contributed by atoms with E-state index in [-0.39, 0.29) is 5.41 Å². The monoisotopic (exact) mass is 204 g/mol. The topological polar surface area (TPSA) is 28.7 Å². The highest BCUT2D eigenvalue weighted by Gasteiger charge is 2.26. The molecule has 2 rings (SSSR count). The molecule has 1 atom stereocenters. The molecule has 1 aromatic heterocycles. The lowest BCUT2D eigenvalue weighted by Gasteiger charge is -2.22. The number of hydrogen-bond donors (Lipinski definition) is 1. The smallest absolute Gasteiger partial charge is 0.0563 e. The summed E-state index contributed by atoms with van der Waals surface area (Å²) in [5.74, 6) is 0. The molecule has 15 heavy (non-hydrogen) atoms. The highest BCUT2D eigenvalue weighted by Crippen LogP contribution is 2.32. The van der Waals surface area contributed by atoms with Crippen molar-refractivity contribution in [1.29, 1.82) is 0 Å². The Morgan fingerprint density at radius 3 is 2.73 bits per heavy atom. The number of aromatic nitrogens is 2. The minimum absolute atomic E-state index is 0.106. The van der Waals surface area contributed by atoms with Crippen LogP contribution in [0.1, 0.15) is 45.4 Å². The molecule has 2 nitrogen and oxygen atoms in total. The van der Waals surface area contributed by atoms with Gasteiger partial charge in [-0.3, -0.25) is 5.10 Å². The molecule has 0 aliphatic heterocycles. The average molecular weight is 204 g/mol. The summed E-state index contributed by atoms with van der Waals surface area (Å²) in [5.41, 5.74) is 2.53. The van der Waals surface area contributed by atoms with Crippen molar-refractivity contribution < 1.29 is 0 Å². The molecule has 0 aromatic carbocycles. The van der Waals surface area contributed by atoms with Crippen LogP contribution in [0.15, 0.2) is 24.4 Å². The summed E-state index contributed by atoms with van der Waals surface area (Å²) < 4.78 is 0. The maximum Gasteiger partial charge on any atom is 0.0563 e. The van der Waals surface area contributed by atoms with Crippen LogP contribution in [0.2, 0.25) is 0 Å². The molecule has 0 saturated carbocycles. The fraction of sp³-hybridized carbons (Fsp3) is 0.462. The van der Waals surface area contributed by atoms with Gasteiger partial charge in [-0.15, -0.1) is 0 Å². The predicted octanol–water partition coefficient (Wildman–Crippen LogP) is 3.69. The zero-order chi connectivity index (χ0) is 11.3. The third kappa shape index (κ3) is 2.20. The summed E-state index contributed by atoms with van der Waals surface area (Å²) in [5, 5.41) is 7.17.